The van der Waals surface area contributed by atoms with E-state index < -0.39 is 32.6 Å². The second-order valence-corrected chi connectivity index (χ2v) is 16.7. The summed E-state index contributed by atoms with van der Waals surface area (Å²) in [5.41, 5.74) is 10.1. The van der Waals surface area contributed by atoms with Crippen LogP contribution in [0.2, 0.25) is 0 Å². The molecule has 0 amide bonds. The number of fused-ring (bicyclic) bond motifs is 21. The third kappa shape index (κ3) is 4.70. The average Bonchev–Trinajstić information content (AvgIpc) is 3.92. The van der Waals surface area contributed by atoms with E-state index in [1.54, 1.807) is 0 Å². The van der Waals surface area contributed by atoms with Gasteiger partial charge in [-0.25, -0.2) is 16.8 Å². The van der Waals surface area contributed by atoms with E-state index in [9.17, 15) is 25.9 Å². The molecule has 7 aromatic carbocycles. The summed E-state index contributed by atoms with van der Waals surface area (Å²) in [5, 5.41) is 6.41. The molecule has 54 heavy (non-hydrogen) atoms. The van der Waals surface area contributed by atoms with Gasteiger partial charge in [0.1, 0.15) is 11.5 Å². The van der Waals surface area contributed by atoms with Crippen LogP contribution < -0.4 is 67.5 Å². The molecule has 5 aliphatic rings. The Morgan fingerprint density at radius 3 is 1.17 bits per heavy atom. The maximum atomic E-state index is 12.5. The second-order valence-electron chi connectivity index (χ2n) is 14.7. The molecule has 0 spiro atoms. The fourth-order valence-electron chi connectivity index (χ4n) is 10.7. The van der Waals surface area contributed by atoms with E-state index in [0.29, 0.717) is 35.1 Å². The van der Waals surface area contributed by atoms with E-state index in [2.05, 4.69) is 72.8 Å². The minimum atomic E-state index is -5.25. The van der Waals surface area contributed by atoms with Gasteiger partial charge in [0.2, 0.25) is 0 Å². The van der Waals surface area contributed by atoms with Gasteiger partial charge in [-0.2, -0.15) is 0 Å². The van der Waals surface area contributed by atoms with Crippen molar-refractivity contribution in [3.05, 3.63) is 142 Å². The molecule has 0 unspecified atom stereocenters. The number of hydrogen-bond donors (Lipinski definition) is 0. The molecule has 0 fully saturated rings. The zero-order valence-corrected chi connectivity index (χ0v) is 34.7. The zero-order chi connectivity index (χ0) is 35.0. The first kappa shape index (κ1) is 35.2. The molecule has 4 atom stereocenters. The minimum Gasteiger partial charge on any atom is -0.716 e. The average molecular weight is 767 g/mol. The van der Waals surface area contributed by atoms with Gasteiger partial charge in [0, 0.05) is 45.9 Å². The molecule has 7 aromatic rings. The molecule has 12 heteroatoms. The molecule has 0 saturated carbocycles. The van der Waals surface area contributed by atoms with Crippen molar-refractivity contribution >= 4 is 53.1 Å². The Kier molecular flexibility index (Phi) is 7.58. The Labute approximate surface area is 355 Å². The summed E-state index contributed by atoms with van der Waals surface area (Å²) in [6.07, 6.45) is 0.989. The summed E-state index contributed by atoms with van der Waals surface area (Å²) in [6, 6.07) is 33.3. The van der Waals surface area contributed by atoms with Crippen molar-refractivity contribution in [2.24, 2.45) is 0 Å². The summed E-state index contributed by atoms with van der Waals surface area (Å²) in [4.78, 5) is 0. The van der Waals surface area contributed by atoms with Crippen molar-refractivity contribution in [2.75, 3.05) is 0 Å². The first-order valence-electron chi connectivity index (χ1n) is 17.2. The largest absolute Gasteiger partial charge is 1.00 e. The van der Waals surface area contributed by atoms with Gasteiger partial charge in [0.15, 0.2) is 0 Å². The van der Waals surface area contributed by atoms with E-state index >= 15 is 0 Å². The summed E-state index contributed by atoms with van der Waals surface area (Å²) >= 11 is 0. The van der Waals surface area contributed by atoms with Gasteiger partial charge in [0.25, 0.3) is 20.8 Å². The van der Waals surface area contributed by atoms with Crippen LogP contribution in [0.3, 0.4) is 0 Å². The van der Waals surface area contributed by atoms with Gasteiger partial charge in [-0.1, -0.05) is 84.9 Å². The van der Waals surface area contributed by atoms with Crippen LogP contribution in [0.15, 0.2) is 97.1 Å². The maximum Gasteiger partial charge on any atom is 1.00 e. The van der Waals surface area contributed by atoms with Crippen molar-refractivity contribution < 1.29 is 93.4 Å². The molecule has 0 N–H and O–H groups in total. The molecule has 0 radical (unpaired) electrons. The molecule has 0 heterocycles. The number of benzene rings is 7. The minimum absolute atomic E-state index is 0. The Bertz CT molecular complexity index is 2920. The first-order valence-corrected chi connectivity index (χ1v) is 19.9. The van der Waals surface area contributed by atoms with Crippen molar-refractivity contribution in [1.82, 2.24) is 0 Å². The fraction of sp³-hybridized carbons (Fsp3) is 0.143. The molecule has 254 valence electrons. The molecular weight excluding hydrogens is 743 g/mol. The van der Waals surface area contributed by atoms with E-state index in [1.807, 2.05) is 24.3 Å². The van der Waals surface area contributed by atoms with Crippen molar-refractivity contribution in [3.8, 4) is 33.8 Å². The monoisotopic (exact) mass is 766 g/mol. The Hall–Kier alpha value is -3.26. The van der Waals surface area contributed by atoms with Gasteiger partial charge in [-0.15, -0.1) is 0 Å². The van der Waals surface area contributed by atoms with E-state index in [0.717, 1.165) is 54.9 Å². The third-order valence-electron chi connectivity index (χ3n) is 12.4. The Morgan fingerprint density at radius 1 is 0.444 bits per heavy atom. The molecule has 8 nitrogen and oxygen atoms in total. The van der Waals surface area contributed by atoms with E-state index in [1.165, 1.54) is 21.9 Å². The third-order valence-corrected chi connectivity index (χ3v) is 13.1. The van der Waals surface area contributed by atoms with Crippen LogP contribution in [-0.2, 0) is 20.8 Å². The van der Waals surface area contributed by atoms with Crippen molar-refractivity contribution in [2.45, 2.75) is 36.5 Å². The standard InChI is InChI=1S/C42H26O8S2.2Na/c43-51(44,45)49-41-37-32-17-33(29-12-21-6-2-1-5-20(21)11-28(29)32)38(37)42(50-52(46,47)48)40-35-18-34(39(40)41)30-15-22-13-26-24-9-3-7-19-8-4-10-25(36(19)24)27(26)14-23(22)16-31(30)35;;/h1-16,32-35H,17-18H2,(H,43,44,45)(H,46,47,48);;/q;2*+1/p-2/t32-,33+,34+,35-;;. The maximum absolute atomic E-state index is 12.5. The fourth-order valence-corrected chi connectivity index (χ4v) is 11.5. The van der Waals surface area contributed by atoms with Crippen LogP contribution in [0.5, 0.6) is 11.5 Å². The first-order chi connectivity index (χ1) is 25.0. The zero-order valence-electron chi connectivity index (χ0n) is 29.0. The molecule has 0 aliphatic heterocycles. The van der Waals surface area contributed by atoms with Crippen LogP contribution in [0.25, 0.3) is 54.6 Å². The molecule has 5 aliphatic carbocycles. The van der Waals surface area contributed by atoms with Gasteiger partial charge < -0.3 is 17.5 Å². The van der Waals surface area contributed by atoms with Crippen LogP contribution in [0.1, 0.15) is 81.0 Å². The van der Waals surface area contributed by atoms with E-state index in [4.69, 9.17) is 8.37 Å². The van der Waals surface area contributed by atoms with Gasteiger partial charge in [0.05, 0.1) is 0 Å². The van der Waals surface area contributed by atoms with Gasteiger partial charge >= 0.3 is 59.1 Å². The van der Waals surface area contributed by atoms with Gasteiger partial charge in [-0.05, 0) is 102 Å². The smallest absolute Gasteiger partial charge is 0.716 e. The normalized spacial score (nSPS) is 20.3. The van der Waals surface area contributed by atoms with Crippen LogP contribution in [0.4, 0.5) is 0 Å². The predicted octanol–water partition coefficient (Wildman–Crippen LogP) is 2.44. The summed E-state index contributed by atoms with van der Waals surface area (Å²) < 4.78 is 85.8. The molecule has 0 aromatic heterocycles. The Morgan fingerprint density at radius 2 is 0.796 bits per heavy atom. The van der Waals surface area contributed by atoms with Crippen LogP contribution in [0, 0.1) is 0 Å². The quantitative estimate of drug-likeness (QED) is 0.152. The van der Waals surface area contributed by atoms with Crippen molar-refractivity contribution in [3.63, 3.8) is 0 Å². The van der Waals surface area contributed by atoms with E-state index in [-0.39, 0.29) is 82.4 Å². The predicted molar refractivity (Wildman–Crippen MR) is 194 cm³/mol. The Balaban J connectivity index is 0.00000180. The van der Waals surface area contributed by atoms with Crippen LogP contribution in [-0.4, -0.2) is 25.9 Å². The molecule has 12 rings (SSSR count). The SMILES string of the molecule is O=S(=O)([O-])Oc1c2c(c(OS(=O)(=O)[O-])c3c1[C@H]1C[C@@H]3c3cc4ccccc4cc31)[C@H]1C[C@@H]2c2cc3cc4c(cc3cc21)-c1cccc2cccc-4c12.[Na+].[Na+]. The molecule has 4 bridgehead atoms. The molecule has 0 saturated heterocycles. The second kappa shape index (κ2) is 11.6. The molecular formula is C42H24Na2O8S2. The van der Waals surface area contributed by atoms with Gasteiger partial charge in [-0.3, -0.25) is 0 Å². The number of rotatable bonds is 4. The summed E-state index contributed by atoms with van der Waals surface area (Å²) in [5.74, 6) is -1.70. The topological polar surface area (TPSA) is 133 Å². The van der Waals surface area contributed by atoms with Crippen LogP contribution >= 0.6 is 0 Å². The van der Waals surface area contributed by atoms with Crippen molar-refractivity contribution in [1.29, 1.82) is 0 Å². The summed E-state index contributed by atoms with van der Waals surface area (Å²) in [7, 11) is -10.5. The summed E-state index contributed by atoms with van der Waals surface area (Å²) in [6.45, 7) is 0. The number of hydrogen-bond acceptors (Lipinski definition) is 8.